The minimum Gasteiger partial charge on any atom is -0.327 e. The first-order chi connectivity index (χ1) is 7.16. The smallest absolute Gasteiger partial charge is 0.192 e. The van der Waals surface area contributed by atoms with Crippen LogP contribution in [0.2, 0.25) is 0 Å². The van der Waals surface area contributed by atoms with E-state index in [1.165, 1.54) is 4.88 Å². The lowest BCUT2D eigenvalue weighted by Crippen LogP contribution is -2.09. The minimum absolute atomic E-state index is 0.147. The van der Waals surface area contributed by atoms with Gasteiger partial charge in [0.15, 0.2) is 5.78 Å². The Hall–Kier alpha value is -1.42. The maximum atomic E-state index is 11.8. The Morgan fingerprint density at radius 3 is 2.80 bits per heavy atom. The van der Waals surface area contributed by atoms with Gasteiger partial charge in [-0.2, -0.15) is 0 Å². The number of hydrogen-bond acceptors (Lipinski definition) is 3. The highest BCUT2D eigenvalue weighted by atomic mass is 32.1. The Bertz CT molecular complexity index is 484. The van der Waals surface area contributed by atoms with Crippen molar-refractivity contribution in [3.8, 4) is 0 Å². The largest absolute Gasteiger partial charge is 0.327 e. The van der Waals surface area contributed by atoms with E-state index < -0.39 is 0 Å². The third-order valence-electron chi connectivity index (χ3n) is 2.25. The highest BCUT2D eigenvalue weighted by Gasteiger charge is 2.09. The zero-order valence-corrected chi connectivity index (χ0v) is 9.54. The molecular weight excluding hydrogens is 208 g/mol. The molecular formula is C11H12N2OS. The lowest BCUT2D eigenvalue weighted by molar-refractivity contribution is 0.0975. The number of aromatic nitrogens is 2. The van der Waals surface area contributed by atoms with Gasteiger partial charge in [-0.15, -0.1) is 11.3 Å². The molecule has 0 amide bonds. The van der Waals surface area contributed by atoms with Gasteiger partial charge < -0.3 is 4.57 Å². The van der Waals surface area contributed by atoms with E-state index in [4.69, 9.17) is 0 Å². The van der Waals surface area contributed by atoms with E-state index in [2.05, 4.69) is 4.98 Å². The van der Waals surface area contributed by atoms with Crippen molar-refractivity contribution in [1.82, 2.24) is 9.55 Å². The van der Waals surface area contributed by atoms with E-state index >= 15 is 0 Å². The van der Waals surface area contributed by atoms with Crippen LogP contribution in [0.1, 0.15) is 20.4 Å². The van der Waals surface area contributed by atoms with Gasteiger partial charge in [0.05, 0.1) is 11.4 Å². The Kier molecular flexibility index (Phi) is 2.68. The predicted octanol–water partition coefficient (Wildman–Crippen LogP) is 2.44. The predicted molar refractivity (Wildman–Crippen MR) is 60.4 cm³/mol. The molecule has 0 atom stereocenters. The monoisotopic (exact) mass is 220 g/mol. The number of Topliss-reactive ketones (excluding diaryl/α,β-unsaturated/α-hetero) is 1. The average molecular weight is 220 g/mol. The second kappa shape index (κ2) is 3.98. The molecule has 78 valence electrons. The fraction of sp³-hybridized carbons (Fsp3) is 0.273. The van der Waals surface area contributed by atoms with E-state index in [0.717, 1.165) is 10.7 Å². The third kappa shape index (κ3) is 2.15. The molecule has 0 saturated heterocycles. The summed E-state index contributed by atoms with van der Waals surface area (Å²) < 4.78 is 1.86. The molecule has 0 aliphatic carbocycles. The van der Waals surface area contributed by atoms with Gasteiger partial charge in [-0.1, -0.05) is 0 Å². The lowest BCUT2D eigenvalue weighted by atomic mass is 10.3. The lowest BCUT2D eigenvalue weighted by Gasteiger charge is -2.01. The van der Waals surface area contributed by atoms with Gasteiger partial charge in [0.2, 0.25) is 0 Å². The van der Waals surface area contributed by atoms with E-state index in [1.54, 1.807) is 17.5 Å². The van der Waals surface area contributed by atoms with Gasteiger partial charge in [-0.3, -0.25) is 4.79 Å². The SMILES string of the molecule is Cc1ccc(C(=O)Cn2ccnc2C)s1. The minimum atomic E-state index is 0.147. The van der Waals surface area contributed by atoms with Gasteiger partial charge in [-0.25, -0.2) is 4.98 Å². The number of carbonyl (C=O) groups is 1. The third-order valence-corrected chi connectivity index (χ3v) is 3.29. The summed E-state index contributed by atoms with van der Waals surface area (Å²) >= 11 is 1.54. The first-order valence-corrected chi connectivity index (χ1v) is 5.56. The van der Waals surface area contributed by atoms with Crippen LogP contribution in [0.25, 0.3) is 0 Å². The Balaban J connectivity index is 2.14. The maximum absolute atomic E-state index is 11.8. The summed E-state index contributed by atoms with van der Waals surface area (Å²) in [5.41, 5.74) is 0. The summed E-state index contributed by atoms with van der Waals surface area (Å²) in [6, 6.07) is 3.85. The maximum Gasteiger partial charge on any atom is 0.192 e. The molecule has 0 spiro atoms. The molecule has 0 unspecified atom stereocenters. The van der Waals surface area contributed by atoms with E-state index in [1.807, 2.05) is 36.7 Å². The van der Waals surface area contributed by atoms with Crippen molar-refractivity contribution in [2.45, 2.75) is 20.4 Å². The van der Waals surface area contributed by atoms with Crippen LogP contribution in [-0.4, -0.2) is 15.3 Å². The van der Waals surface area contributed by atoms with Crippen LogP contribution < -0.4 is 0 Å². The molecule has 0 saturated carbocycles. The standard InChI is InChI=1S/C11H12N2OS/c1-8-3-4-11(15-8)10(14)7-13-6-5-12-9(13)2/h3-6H,7H2,1-2H3. The van der Waals surface area contributed by atoms with E-state index in [0.29, 0.717) is 6.54 Å². The first-order valence-electron chi connectivity index (χ1n) is 4.74. The highest BCUT2D eigenvalue weighted by molar-refractivity contribution is 7.14. The fourth-order valence-electron chi connectivity index (χ4n) is 1.39. The summed E-state index contributed by atoms with van der Waals surface area (Å²) in [6.45, 7) is 4.28. The zero-order chi connectivity index (χ0) is 10.8. The molecule has 4 heteroatoms. The molecule has 0 N–H and O–H groups in total. The van der Waals surface area contributed by atoms with Crippen molar-refractivity contribution < 1.29 is 4.79 Å². The molecule has 2 aromatic heterocycles. The summed E-state index contributed by atoms with van der Waals surface area (Å²) in [4.78, 5) is 17.9. The molecule has 2 heterocycles. The molecule has 0 bridgehead atoms. The average Bonchev–Trinajstić information content (AvgIpc) is 2.77. The van der Waals surface area contributed by atoms with Crippen LogP contribution in [0, 0.1) is 13.8 Å². The summed E-state index contributed by atoms with van der Waals surface area (Å²) in [5.74, 6) is 1.02. The molecule has 0 aromatic carbocycles. The summed E-state index contributed by atoms with van der Waals surface area (Å²) in [5, 5.41) is 0. The number of thiophene rings is 1. The number of rotatable bonds is 3. The Morgan fingerprint density at radius 2 is 2.27 bits per heavy atom. The molecule has 0 aliphatic heterocycles. The van der Waals surface area contributed by atoms with Crippen LogP contribution in [0.15, 0.2) is 24.5 Å². The molecule has 3 nitrogen and oxygen atoms in total. The number of nitrogens with zero attached hydrogens (tertiary/aromatic N) is 2. The van der Waals surface area contributed by atoms with Gasteiger partial charge in [0.1, 0.15) is 5.82 Å². The van der Waals surface area contributed by atoms with Crippen LogP contribution in [0.3, 0.4) is 0 Å². The second-order valence-corrected chi connectivity index (χ2v) is 4.72. The first kappa shape index (κ1) is 10.1. The number of carbonyl (C=O) groups excluding carboxylic acids is 1. The Labute approximate surface area is 92.4 Å². The Morgan fingerprint density at radius 1 is 1.47 bits per heavy atom. The summed E-state index contributed by atoms with van der Waals surface area (Å²) in [6.07, 6.45) is 3.54. The zero-order valence-electron chi connectivity index (χ0n) is 8.73. The quantitative estimate of drug-likeness (QED) is 0.745. The highest BCUT2D eigenvalue weighted by Crippen LogP contribution is 2.16. The van der Waals surface area contributed by atoms with Gasteiger partial charge >= 0.3 is 0 Å². The van der Waals surface area contributed by atoms with Crippen LogP contribution in [0.4, 0.5) is 0 Å². The fourth-order valence-corrected chi connectivity index (χ4v) is 2.19. The number of hydrogen-bond donors (Lipinski definition) is 0. The molecule has 0 radical (unpaired) electrons. The van der Waals surface area contributed by atoms with Crippen molar-refractivity contribution in [3.63, 3.8) is 0 Å². The topological polar surface area (TPSA) is 34.9 Å². The van der Waals surface area contributed by atoms with Crippen molar-refractivity contribution in [1.29, 1.82) is 0 Å². The van der Waals surface area contributed by atoms with Crippen molar-refractivity contribution >= 4 is 17.1 Å². The number of imidazole rings is 1. The molecule has 0 aliphatic rings. The van der Waals surface area contributed by atoms with Crippen molar-refractivity contribution in [3.05, 3.63) is 40.1 Å². The van der Waals surface area contributed by atoms with E-state index in [9.17, 15) is 4.79 Å². The van der Waals surface area contributed by atoms with Crippen LogP contribution in [0.5, 0.6) is 0 Å². The molecule has 15 heavy (non-hydrogen) atoms. The normalized spacial score (nSPS) is 10.5. The van der Waals surface area contributed by atoms with Crippen LogP contribution in [-0.2, 0) is 6.54 Å². The van der Waals surface area contributed by atoms with Crippen molar-refractivity contribution in [2.24, 2.45) is 0 Å². The molecule has 0 fully saturated rings. The van der Waals surface area contributed by atoms with Crippen LogP contribution >= 0.6 is 11.3 Å². The molecule has 2 aromatic rings. The van der Waals surface area contributed by atoms with Gasteiger partial charge in [-0.05, 0) is 26.0 Å². The summed E-state index contributed by atoms with van der Waals surface area (Å²) in [7, 11) is 0. The second-order valence-electron chi connectivity index (χ2n) is 3.44. The number of aryl methyl sites for hydroxylation is 2. The van der Waals surface area contributed by atoms with E-state index in [-0.39, 0.29) is 5.78 Å². The van der Waals surface area contributed by atoms with Gasteiger partial charge in [0.25, 0.3) is 0 Å². The number of ketones is 1. The van der Waals surface area contributed by atoms with Crippen molar-refractivity contribution in [2.75, 3.05) is 0 Å². The molecule has 2 rings (SSSR count). The van der Waals surface area contributed by atoms with Gasteiger partial charge in [0, 0.05) is 17.3 Å².